The van der Waals surface area contributed by atoms with Gasteiger partial charge in [-0.2, -0.15) is 0 Å². The quantitative estimate of drug-likeness (QED) is 0.639. The summed E-state index contributed by atoms with van der Waals surface area (Å²) in [7, 11) is 0. The Bertz CT molecular complexity index is 492. The standard InChI is InChI=1S/C19H28O/c1-13(2)8-9-15-14(3)12-16(20)17-18(4,5)10-7-11-19(15,17)6/h8-9,12,15,17H,1,7,10-11H2,2-6H3/b9-8+/t15-,17?,19-/m1/s1. The van der Waals surface area contributed by atoms with Gasteiger partial charge in [-0.3, -0.25) is 4.79 Å². The molecule has 2 aliphatic carbocycles. The van der Waals surface area contributed by atoms with Crippen LogP contribution in [-0.4, -0.2) is 5.78 Å². The number of hydrogen-bond donors (Lipinski definition) is 0. The molecule has 0 aromatic carbocycles. The van der Waals surface area contributed by atoms with E-state index in [0.29, 0.717) is 11.7 Å². The van der Waals surface area contributed by atoms with Crippen LogP contribution in [0.4, 0.5) is 0 Å². The van der Waals surface area contributed by atoms with E-state index in [1.165, 1.54) is 12.0 Å². The van der Waals surface area contributed by atoms with Gasteiger partial charge in [0.15, 0.2) is 5.78 Å². The van der Waals surface area contributed by atoms with Crippen LogP contribution < -0.4 is 0 Å². The maximum absolute atomic E-state index is 12.6. The monoisotopic (exact) mass is 272 g/mol. The second kappa shape index (κ2) is 5.02. The summed E-state index contributed by atoms with van der Waals surface area (Å²) in [6.07, 6.45) is 9.80. The Morgan fingerprint density at radius 1 is 1.35 bits per heavy atom. The van der Waals surface area contributed by atoms with Crippen LogP contribution in [0.15, 0.2) is 36.0 Å². The lowest BCUT2D eigenvalue weighted by atomic mass is 9.48. The normalized spacial score (nSPS) is 36.6. The number of ketones is 1. The first-order chi connectivity index (χ1) is 9.18. The van der Waals surface area contributed by atoms with Crippen molar-refractivity contribution in [2.75, 3.05) is 0 Å². The van der Waals surface area contributed by atoms with Gasteiger partial charge < -0.3 is 0 Å². The summed E-state index contributed by atoms with van der Waals surface area (Å²) < 4.78 is 0. The largest absolute Gasteiger partial charge is 0.295 e. The van der Waals surface area contributed by atoms with Crippen molar-refractivity contribution < 1.29 is 4.79 Å². The molecule has 1 unspecified atom stereocenters. The van der Waals surface area contributed by atoms with Gasteiger partial charge in [-0.05, 0) is 43.6 Å². The molecule has 110 valence electrons. The van der Waals surface area contributed by atoms with Gasteiger partial charge in [-0.15, -0.1) is 0 Å². The highest BCUT2D eigenvalue weighted by Gasteiger charge is 2.54. The minimum absolute atomic E-state index is 0.0591. The number of hydrogen-bond acceptors (Lipinski definition) is 1. The van der Waals surface area contributed by atoms with Crippen LogP contribution >= 0.6 is 0 Å². The molecule has 1 nitrogen and oxygen atoms in total. The van der Waals surface area contributed by atoms with Gasteiger partial charge in [0.2, 0.25) is 0 Å². The summed E-state index contributed by atoms with van der Waals surface area (Å²) in [5, 5.41) is 0. The highest BCUT2D eigenvalue weighted by molar-refractivity contribution is 5.95. The summed E-state index contributed by atoms with van der Waals surface area (Å²) in [6.45, 7) is 14.9. The molecule has 0 spiro atoms. The minimum Gasteiger partial charge on any atom is -0.295 e. The fraction of sp³-hybridized carbons (Fsp3) is 0.632. The van der Waals surface area contributed by atoms with Gasteiger partial charge >= 0.3 is 0 Å². The molecule has 0 aliphatic heterocycles. The van der Waals surface area contributed by atoms with E-state index < -0.39 is 0 Å². The topological polar surface area (TPSA) is 17.1 Å². The molecule has 0 aromatic heterocycles. The molecule has 1 heteroatoms. The molecular formula is C19H28O. The van der Waals surface area contributed by atoms with Crippen molar-refractivity contribution in [3.8, 4) is 0 Å². The van der Waals surface area contributed by atoms with E-state index in [2.05, 4.69) is 46.4 Å². The number of fused-ring (bicyclic) bond motifs is 1. The van der Waals surface area contributed by atoms with Crippen molar-refractivity contribution in [3.05, 3.63) is 36.0 Å². The van der Waals surface area contributed by atoms with Crippen LogP contribution in [0, 0.1) is 22.7 Å². The predicted octanol–water partition coefficient (Wildman–Crippen LogP) is 5.10. The van der Waals surface area contributed by atoms with Crippen LogP contribution in [-0.2, 0) is 4.79 Å². The average molecular weight is 272 g/mol. The Balaban J connectivity index is 2.50. The number of carbonyl (C=O) groups is 1. The summed E-state index contributed by atoms with van der Waals surface area (Å²) >= 11 is 0. The smallest absolute Gasteiger partial charge is 0.159 e. The summed E-state index contributed by atoms with van der Waals surface area (Å²) in [4.78, 5) is 12.6. The van der Waals surface area contributed by atoms with Crippen molar-refractivity contribution in [1.29, 1.82) is 0 Å². The fourth-order valence-electron chi connectivity index (χ4n) is 4.70. The van der Waals surface area contributed by atoms with Crippen molar-refractivity contribution in [2.24, 2.45) is 22.7 Å². The maximum Gasteiger partial charge on any atom is 0.159 e. The third kappa shape index (κ3) is 2.43. The summed E-state index contributed by atoms with van der Waals surface area (Å²) in [5.74, 6) is 0.850. The van der Waals surface area contributed by atoms with Crippen molar-refractivity contribution in [2.45, 2.75) is 53.9 Å². The van der Waals surface area contributed by atoms with E-state index >= 15 is 0 Å². The molecular weight excluding hydrogens is 244 g/mol. The van der Waals surface area contributed by atoms with Gasteiger partial charge in [0.05, 0.1) is 0 Å². The van der Waals surface area contributed by atoms with Gasteiger partial charge in [-0.1, -0.05) is 57.1 Å². The average Bonchev–Trinajstić information content (AvgIpc) is 2.25. The van der Waals surface area contributed by atoms with Gasteiger partial charge in [0.1, 0.15) is 0 Å². The molecule has 0 aromatic rings. The highest BCUT2D eigenvalue weighted by Crippen LogP contribution is 2.58. The molecule has 0 N–H and O–H groups in total. The minimum atomic E-state index is 0.0591. The number of allylic oxidation sites excluding steroid dienone is 5. The van der Waals surface area contributed by atoms with E-state index in [0.717, 1.165) is 18.4 Å². The molecule has 0 saturated heterocycles. The maximum atomic E-state index is 12.6. The molecule has 1 saturated carbocycles. The molecule has 3 atom stereocenters. The zero-order valence-electron chi connectivity index (χ0n) is 13.6. The Morgan fingerprint density at radius 3 is 2.60 bits per heavy atom. The molecule has 2 rings (SSSR count). The van der Waals surface area contributed by atoms with Crippen molar-refractivity contribution in [1.82, 2.24) is 0 Å². The zero-order chi connectivity index (χ0) is 15.1. The Morgan fingerprint density at radius 2 is 2.00 bits per heavy atom. The Labute approximate surface area is 123 Å². The second-order valence-corrected chi connectivity index (χ2v) is 7.75. The number of rotatable bonds is 2. The van der Waals surface area contributed by atoms with E-state index in [4.69, 9.17) is 0 Å². The van der Waals surface area contributed by atoms with Gasteiger partial charge in [0.25, 0.3) is 0 Å². The molecule has 0 heterocycles. The first-order valence-corrected chi connectivity index (χ1v) is 7.74. The van der Waals surface area contributed by atoms with E-state index in [1.54, 1.807) is 0 Å². The molecule has 1 fully saturated rings. The first-order valence-electron chi connectivity index (χ1n) is 7.74. The summed E-state index contributed by atoms with van der Waals surface area (Å²) in [6, 6.07) is 0. The first kappa shape index (κ1) is 15.3. The molecule has 0 radical (unpaired) electrons. The van der Waals surface area contributed by atoms with Crippen molar-refractivity contribution >= 4 is 5.78 Å². The van der Waals surface area contributed by atoms with Crippen molar-refractivity contribution in [3.63, 3.8) is 0 Å². The van der Waals surface area contributed by atoms with E-state index in [-0.39, 0.29) is 16.7 Å². The zero-order valence-corrected chi connectivity index (χ0v) is 13.6. The number of carbonyl (C=O) groups excluding carboxylic acids is 1. The van der Waals surface area contributed by atoms with Crippen LogP contribution in [0.5, 0.6) is 0 Å². The Kier molecular flexibility index (Phi) is 3.83. The SMILES string of the molecule is C=C(C)/C=C/[C@@H]1C(C)=CC(=O)C2C(C)(C)CCC[C@@]21C. The highest BCUT2D eigenvalue weighted by atomic mass is 16.1. The molecule has 2 aliphatic rings. The third-order valence-electron chi connectivity index (χ3n) is 5.41. The van der Waals surface area contributed by atoms with Crippen LogP contribution in [0.2, 0.25) is 0 Å². The molecule has 0 amide bonds. The van der Waals surface area contributed by atoms with Gasteiger partial charge in [0, 0.05) is 11.8 Å². The van der Waals surface area contributed by atoms with E-state index in [9.17, 15) is 4.79 Å². The lowest BCUT2D eigenvalue weighted by Crippen LogP contribution is -2.52. The van der Waals surface area contributed by atoms with Gasteiger partial charge in [-0.25, -0.2) is 0 Å². The van der Waals surface area contributed by atoms with Crippen LogP contribution in [0.1, 0.15) is 53.9 Å². The third-order valence-corrected chi connectivity index (χ3v) is 5.41. The second-order valence-electron chi connectivity index (χ2n) is 7.75. The summed E-state index contributed by atoms with van der Waals surface area (Å²) in [5.41, 5.74) is 2.45. The molecule has 0 bridgehead atoms. The van der Waals surface area contributed by atoms with E-state index in [1.807, 2.05) is 13.0 Å². The lowest BCUT2D eigenvalue weighted by Gasteiger charge is -2.55. The lowest BCUT2D eigenvalue weighted by molar-refractivity contribution is -0.134. The predicted molar refractivity (Wildman–Crippen MR) is 85.4 cm³/mol. The van der Waals surface area contributed by atoms with Crippen LogP contribution in [0.25, 0.3) is 0 Å². The fourth-order valence-corrected chi connectivity index (χ4v) is 4.70. The molecule has 20 heavy (non-hydrogen) atoms. The van der Waals surface area contributed by atoms with Crippen LogP contribution in [0.3, 0.4) is 0 Å². The Hall–Kier alpha value is -1.11.